The number of carbonyl (C=O) groups is 1. The van der Waals surface area contributed by atoms with Gasteiger partial charge in [-0.3, -0.25) is 14.3 Å². The minimum atomic E-state index is -0.439. The van der Waals surface area contributed by atoms with Crippen LogP contribution in [0.4, 0.5) is 5.69 Å². The molecule has 1 aromatic carbocycles. The minimum Gasteiger partial charge on any atom is -0.319 e. The SMILES string of the molecule is Cc1c(NC(=O)[C@H](C)Sc2nncn2C(C)C)c(=O)n(-c2ccccc2)n1C. The fourth-order valence-corrected chi connectivity index (χ4v) is 3.78. The number of rotatable bonds is 6. The standard InChI is InChI=1S/C19H24N6O2S/c1-12(2)24-11-20-22-19(24)28-14(4)17(26)21-16-13(3)23(5)25(18(16)27)15-9-7-6-8-10-15/h6-12,14H,1-5H3,(H,21,26)/t14-/m0/s1. The molecular weight excluding hydrogens is 376 g/mol. The molecule has 1 atom stereocenters. The topological polar surface area (TPSA) is 86.7 Å². The molecule has 0 saturated heterocycles. The summed E-state index contributed by atoms with van der Waals surface area (Å²) in [4.78, 5) is 25.7. The highest BCUT2D eigenvalue weighted by Crippen LogP contribution is 2.24. The number of amides is 1. The second-order valence-electron chi connectivity index (χ2n) is 6.80. The average Bonchev–Trinajstić information content (AvgIpc) is 3.21. The Morgan fingerprint density at radius 2 is 1.86 bits per heavy atom. The summed E-state index contributed by atoms with van der Waals surface area (Å²) in [5.74, 6) is -0.255. The molecule has 3 aromatic rings. The average molecular weight is 401 g/mol. The molecule has 28 heavy (non-hydrogen) atoms. The Balaban J connectivity index is 1.83. The van der Waals surface area contributed by atoms with Gasteiger partial charge in [-0.1, -0.05) is 30.0 Å². The van der Waals surface area contributed by atoms with Crippen molar-refractivity contribution in [2.45, 2.75) is 44.1 Å². The Kier molecular flexibility index (Phi) is 5.73. The van der Waals surface area contributed by atoms with E-state index in [2.05, 4.69) is 15.5 Å². The zero-order valence-electron chi connectivity index (χ0n) is 16.6. The number of hydrogen-bond acceptors (Lipinski definition) is 5. The highest BCUT2D eigenvalue weighted by atomic mass is 32.2. The first-order valence-electron chi connectivity index (χ1n) is 9.02. The maximum Gasteiger partial charge on any atom is 0.295 e. The maximum absolute atomic E-state index is 12.9. The molecule has 8 nitrogen and oxygen atoms in total. The number of nitrogens with one attached hydrogen (secondary N) is 1. The van der Waals surface area contributed by atoms with E-state index in [1.165, 1.54) is 16.4 Å². The quantitative estimate of drug-likeness (QED) is 0.643. The van der Waals surface area contributed by atoms with Crippen molar-refractivity contribution in [3.8, 4) is 5.69 Å². The van der Waals surface area contributed by atoms with E-state index >= 15 is 0 Å². The van der Waals surface area contributed by atoms with E-state index in [0.717, 1.165) is 5.69 Å². The molecule has 0 unspecified atom stereocenters. The van der Waals surface area contributed by atoms with Gasteiger partial charge in [0.05, 0.1) is 16.6 Å². The van der Waals surface area contributed by atoms with Crippen LogP contribution in [0.25, 0.3) is 5.69 Å². The Labute approximate surface area is 167 Å². The number of aromatic nitrogens is 5. The van der Waals surface area contributed by atoms with Crippen LogP contribution in [0.15, 0.2) is 46.6 Å². The van der Waals surface area contributed by atoms with Gasteiger partial charge in [-0.25, -0.2) is 4.68 Å². The molecule has 3 rings (SSSR count). The first kappa shape index (κ1) is 19.9. The number of anilines is 1. The molecule has 0 radical (unpaired) electrons. The van der Waals surface area contributed by atoms with Gasteiger partial charge in [0.25, 0.3) is 5.56 Å². The largest absolute Gasteiger partial charge is 0.319 e. The van der Waals surface area contributed by atoms with Crippen LogP contribution in [0, 0.1) is 6.92 Å². The number of hydrogen-bond donors (Lipinski definition) is 1. The summed E-state index contributed by atoms with van der Waals surface area (Å²) in [6, 6.07) is 9.52. The summed E-state index contributed by atoms with van der Waals surface area (Å²) in [5, 5.41) is 11.0. The molecule has 148 valence electrons. The molecule has 0 aliphatic carbocycles. The lowest BCUT2D eigenvalue weighted by Crippen LogP contribution is -2.27. The third-order valence-electron chi connectivity index (χ3n) is 4.55. The van der Waals surface area contributed by atoms with Gasteiger partial charge in [-0.05, 0) is 39.8 Å². The number of thioether (sulfide) groups is 1. The summed E-state index contributed by atoms with van der Waals surface area (Å²) in [6.45, 7) is 7.64. The zero-order valence-corrected chi connectivity index (χ0v) is 17.4. The number of benzene rings is 1. The van der Waals surface area contributed by atoms with Gasteiger partial charge < -0.3 is 9.88 Å². The molecule has 0 bridgehead atoms. The summed E-state index contributed by atoms with van der Waals surface area (Å²) in [5.41, 5.74) is 1.45. The summed E-state index contributed by atoms with van der Waals surface area (Å²) in [7, 11) is 1.79. The van der Waals surface area contributed by atoms with E-state index in [4.69, 9.17) is 0 Å². The second-order valence-corrected chi connectivity index (χ2v) is 8.11. The van der Waals surface area contributed by atoms with Crippen molar-refractivity contribution in [1.82, 2.24) is 24.1 Å². The van der Waals surface area contributed by atoms with Crippen LogP contribution in [-0.4, -0.2) is 35.3 Å². The third-order valence-corrected chi connectivity index (χ3v) is 5.62. The van der Waals surface area contributed by atoms with Crippen molar-refractivity contribution in [2.24, 2.45) is 7.05 Å². The molecule has 0 aliphatic heterocycles. The fourth-order valence-electron chi connectivity index (χ4n) is 2.82. The van der Waals surface area contributed by atoms with Crippen molar-refractivity contribution in [1.29, 1.82) is 0 Å². The Hall–Kier alpha value is -2.81. The molecular formula is C19H24N6O2S. The van der Waals surface area contributed by atoms with Gasteiger partial charge in [0.2, 0.25) is 5.91 Å². The molecule has 2 aromatic heterocycles. The fraction of sp³-hybridized carbons (Fsp3) is 0.368. The number of nitrogens with zero attached hydrogens (tertiary/aromatic N) is 5. The Bertz CT molecular complexity index is 1030. The van der Waals surface area contributed by atoms with E-state index in [0.29, 0.717) is 10.9 Å². The van der Waals surface area contributed by atoms with Crippen molar-refractivity contribution in [3.05, 3.63) is 52.7 Å². The van der Waals surface area contributed by atoms with Crippen LogP contribution in [0.1, 0.15) is 32.5 Å². The minimum absolute atomic E-state index is 0.196. The Morgan fingerprint density at radius 3 is 2.50 bits per heavy atom. The van der Waals surface area contributed by atoms with Crippen LogP contribution in [-0.2, 0) is 11.8 Å². The van der Waals surface area contributed by atoms with Crippen molar-refractivity contribution in [2.75, 3.05) is 5.32 Å². The van der Waals surface area contributed by atoms with Crippen LogP contribution in [0.5, 0.6) is 0 Å². The molecule has 9 heteroatoms. The van der Waals surface area contributed by atoms with Crippen molar-refractivity contribution >= 4 is 23.4 Å². The van der Waals surface area contributed by atoms with Crippen LogP contribution in [0.3, 0.4) is 0 Å². The van der Waals surface area contributed by atoms with E-state index in [9.17, 15) is 9.59 Å². The molecule has 0 aliphatic rings. The van der Waals surface area contributed by atoms with Crippen LogP contribution in [0.2, 0.25) is 0 Å². The molecule has 1 N–H and O–H groups in total. The first-order valence-corrected chi connectivity index (χ1v) is 9.90. The highest BCUT2D eigenvalue weighted by Gasteiger charge is 2.23. The van der Waals surface area contributed by atoms with Crippen molar-refractivity contribution in [3.63, 3.8) is 0 Å². The van der Waals surface area contributed by atoms with Gasteiger partial charge in [0.15, 0.2) is 5.16 Å². The third kappa shape index (κ3) is 3.75. The lowest BCUT2D eigenvalue weighted by atomic mass is 10.3. The van der Waals surface area contributed by atoms with Crippen LogP contribution >= 0.6 is 11.8 Å². The number of para-hydroxylation sites is 1. The van der Waals surface area contributed by atoms with Gasteiger partial charge in [-0.2, -0.15) is 0 Å². The monoisotopic (exact) mass is 400 g/mol. The predicted octanol–water partition coefficient (Wildman–Crippen LogP) is 2.78. The molecule has 1 amide bonds. The summed E-state index contributed by atoms with van der Waals surface area (Å²) >= 11 is 1.31. The maximum atomic E-state index is 12.9. The molecule has 0 saturated carbocycles. The van der Waals surface area contributed by atoms with E-state index in [-0.39, 0.29) is 23.2 Å². The van der Waals surface area contributed by atoms with Crippen molar-refractivity contribution < 1.29 is 4.79 Å². The smallest absolute Gasteiger partial charge is 0.295 e. The predicted molar refractivity (Wildman–Crippen MR) is 110 cm³/mol. The molecule has 0 fully saturated rings. The van der Waals surface area contributed by atoms with E-state index < -0.39 is 5.25 Å². The first-order chi connectivity index (χ1) is 13.3. The number of carbonyl (C=O) groups excluding carboxylic acids is 1. The second kappa shape index (κ2) is 8.05. The molecule has 2 heterocycles. The highest BCUT2D eigenvalue weighted by molar-refractivity contribution is 8.00. The van der Waals surface area contributed by atoms with E-state index in [1.54, 1.807) is 25.0 Å². The summed E-state index contributed by atoms with van der Waals surface area (Å²) in [6.07, 6.45) is 1.65. The summed E-state index contributed by atoms with van der Waals surface area (Å²) < 4.78 is 5.18. The normalized spacial score (nSPS) is 12.4. The Morgan fingerprint density at radius 1 is 1.18 bits per heavy atom. The van der Waals surface area contributed by atoms with E-state index in [1.807, 2.05) is 55.7 Å². The lowest BCUT2D eigenvalue weighted by Gasteiger charge is -2.13. The molecule has 0 spiro atoms. The van der Waals surface area contributed by atoms with Gasteiger partial charge in [0, 0.05) is 13.1 Å². The van der Waals surface area contributed by atoms with Gasteiger partial charge in [0.1, 0.15) is 12.0 Å². The lowest BCUT2D eigenvalue weighted by molar-refractivity contribution is -0.115. The van der Waals surface area contributed by atoms with Crippen LogP contribution < -0.4 is 10.9 Å². The van der Waals surface area contributed by atoms with Gasteiger partial charge >= 0.3 is 0 Å². The zero-order chi connectivity index (χ0) is 20.4. The van der Waals surface area contributed by atoms with Gasteiger partial charge in [-0.15, -0.1) is 10.2 Å².